The predicted octanol–water partition coefficient (Wildman–Crippen LogP) is 2.93. The highest BCUT2D eigenvalue weighted by molar-refractivity contribution is 7.99. The molecule has 0 aromatic carbocycles. The van der Waals surface area contributed by atoms with Crippen LogP contribution in [0.3, 0.4) is 0 Å². The molecule has 1 aliphatic rings. The van der Waals surface area contributed by atoms with Crippen molar-refractivity contribution in [1.29, 1.82) is 0 Å². The normalized spacial score (nSPS) is 24.8. The van der Waals surface area contributed by atoms with E-state index in [0.717, 1.165) is 18.6 Å². The van der Waals surface area contributed by atoms with Gasteiger partial charge in [0.2, 0.25) is 0 Å². The van der Waals surface area contributed by atoms with Crippen LogP contribution in [0.25, 0.3) is 0 Å². The fourth-order valence-electron chi connectivity index (χ4n) is 1.86. The van der Waals surface area contributed by atoms with Crippen molar-refractivity contribution < 1.29 is 14.6 Å². The van der Waals surface area contributed by atoms with Crippen LogP contribution in [-0.2, 0) is 9.53 Å². The van der Waals surface area contributed by atoms with E-state index < -0.39 is 11.6 Å². The van der Waals surface area contributed by atoms with Gasteiger partial charge in [-0.15, -0.1) is 0 Å². The number of aliphatic carboxylic acids is 1. The number of thioether (sulfide) groups is 1. The van der Waals surface area contributed by atoms with Gasteiger partial charge < -0.3 is 9.84 Å². The summed E-state index contributed by atoms with van der Waals surface area (Å²) in [5.41, 5.74) is -0.880. The van der Waals surface area contributed by atoms with Crippen LogP contribution < -0.4 is 0 Å². The maximum absolute atomic E-state index is 11.2. The highest BCUT2D eigenvalue weighted by Gasteiger charge is 2.42. The second-order valence-electron chi connectivity index (χ2n) is 4.36. The van der Waals surface area contributed by atoms with E-state index in [4.69, 9.17) is 9.84 Å². The molecule has 0 aromatic heterocycles. The standard InChI is InChI=1S/C12H22O3S/c1-2-3-4-5-6-8-15-12(11(13)14)7-9-16-10-12/h2-10H2,1H3,(H,13,14). The van der Waals surface area contributed by atoms with Gasteiger partial charge in [0.25, 0.3) is 0 Å². The molecule has 0 radical (unpaired) electrons. The molecule has 0 aromatic rings. The van der Waals surface area contributed by atoms with Crippen molar-refractivity contribution in [3.8, 4) is 0 Å². The lowest BCUT2D eigenvalue weighted by molar-refractivity contribution is -0.162. The van der Waals surface area contributed by atoms with Crippen molar-refractivity contribution in [2.24, 2.45) is 0 Å². The monoisotopic (exact) mass is 246 g/mol. The summed E-state index contributed by atoms with van der Waals surface area (Å²) >= 11 is 1.68. The van der Waals surface area contributed by atoms with Crippen LogP contribution >= 0.6 is 11.8 Å². The Balaban J connectivity index is 2.16. The van der Waals surface area contributed by atoms with Crippen molar-refractivity contribution >= 4 is 17.7 Å². The van der Waals surface area contributed by atoms with Crippen LogP contribution in [0.4, 0.5) is 0 Å². The topological polar surface area (TPSA) is 46.5 Å². The van der Waals surface area contributed by atoms with Crippen molar-refractivity contribution in [1.82, 2.24) is 0 Å². The number of hydrogen-bond acceptors (Lipinski definition) is 3. The summed E-state index contributed by atoms with van der Waals surface area (Å²) in [6.45, 7) is 2.78. The molecular formula is C12H22O3S. The van der Waals surface area contributed by atoms with Crippen molar-refractivity contribution in [2.45, 2.75) is 51.0 Å². The molecule has 1 atom stereocenters. The highest BCUT2D eigenvalue weighted by Crippen LogP contribution is 2.31. The lowest BCUT2D eigenvalue weighted by Crippen LogP contribution is -2.41. The average Bonchev–Trinajstić information content (AvgIpc) is 2.73. The molecule has 1 saturated heterocycles. The van der Waals surface area contributed by atoms with Crippen LogP contribution in [0.1, 0.15) is 45.4 Å². The zero-order valence-corrected chi connectivity index (χ0v) is 10.9. The Kier molecular flexibility index (Phi) is 6.21. The van der Waals surface area contributed by atoms with E-state index in [-0.39, 0.29) is 0 Å². The van der Waals surface area contributed by atoms with E-state index in [1.54, 1.807) is 11.8 Å². The van der Waals surface area contributed by atoms with Crippen LogP contribution in [0, 0.1) is 0 Å². The smallest absolute Gasteiger partial charge is 0.336 e. The molecule has 1 heterocycles. The van der Waals surface area contributed by atoms with E-state index in [9.17, 15) is 4.79 Å². The van der Waals surface area contributed by atoms with Gasteiger partial charge in [0.1, 0.15) is 0 Å². The maximum atomic E-state index is 11.2. The number of carbonyl (C=O) groups is 1. The van der Waals surface area contributed by atoms with E-state index >= 15 is 0 Å². The summed E-state index contributed by atoms with van der Waals surface area (Å²) in [5.74, 6) is 0.727. The Morgan fingerprint density at radius 2 is 2.12 bits per heavy atom. The van der Waals surface area contributed by atoms with Gasteiger partial charge >= 0.3 is 5.97 Å². The summed E-state index contributed by atoms with van der Waals surface area (Å²) in [7, 11) is 0. The molecule has 4 heteroatoms. The summed E-state index contributed by atoms with van der Waals surface area (Å²) in [6, 6.07) is 0. The van der Waals surface area contributed by atoms with Gasteiger partial charge in [-0.3, -0.25) is 0 Å². The molecule has 1 fully saturated rings. The van der Waals surface area contributed by atoms with Gasteiger partial charge in [0, 0.05) is 12.4 Å². The first-order valence-corrected chi connectivity index (χ1v) is 7.32. The Labute approximate surface area is 102 Å². The second kappa shape index (κ2) is 7.17. The van der Waals surface area contributed by atoms with Crippen molar-refractivity contribution in [3.63, 3.8) is 0 Å². The van der Waals surface area contributed by atoms with E-state index in [1.165, 1.54) is 19.3 Å². The van der Waals surface area contributed by atoms with Crippen LogP contribution in [-0.4, -0.2) is 34.8 Å². The minimum Gasteiger partial charge on any atom is -0.479 e. The first kappa shape index (κ1) is 13.8. The van der Waals surface area contributed by atoms with E-state index in [2.05, 4.69) is 6.92 Å². The summed E-state index contributed by atoms with van der Waals surface area (Å²) in [6.07, 6.45) is 6.52. The molecule has 94 valence electrons. The van der Waals surface area contributed by atoms with Crippen molar-refractivity contribution in [2.75, 3.05) is 18.1 Å². The van der Waals surface area contributed by atoms with Gasteiger partial charge in [0.15, 0.2) is 5.60 Å². The minimum absolute atomic E-state index is 0.594. The first-order chi connectivity index (χ1) is 7.71. The third-order valence-electron chi connectivity index (χ3n) is 3.00. The molecular weight excluding hydrogens is 224 g/mol. The Hall–Kier alpha value is -0.220. The zero-order chi connectivity index (χ0) is 11.9. The third-order valence-corrected chi connectivity index (χ3v) is 4.16. The number of carboxylic acid groups (broad SMARTS) is 1. The molecule has 0 bridgehead atoms. The van der Waals surface area contributed by atoms with Gasteiger partial charge in [-0.25, -0.2) is 4.79 Å². The Morgan fingerprint density at radius 1 is 1.38 bits per heavy atom. The molecule has 0 spiro atoms. The number of unbranched alkanes of at least 4 members (excludes halogenated alkanes) is 4. The summed E-state index contributed by atoms with van der Waals surface area (Å²) in [5, 5.41) is 9.17. The molecule has 0 amide bonds. The lowest BCUT2D eigenvalue weighted by atomic mass is 10.0. The number of hydrogen-bond donors (Lipinski definition) is 1. The second-order valence-corrected chi connectivity index (χ2v) is 5.47. The van der Waals surface area contributed by atoms with Gasteiger partial charge in [-0.1, -0.05) is 32.6 Å². The number of ether oxygens (including phenoxy) is 1. The van der Waals surface area contributed by atoms with E-state index in [0.29, 0.717) is 18.8 Å². The quantitative estimate of drug-likeness (QED) is 0.669. The van der Waals surface area contributed by atoms with Crippen LogP contribution in [0.2, 0.25) is 0 Å². The fraction of sp³-hybridized carbons (Fsp3) is 0.917. The molecule has 3 nitrogen and oxygen atoms in total. The molecule has 1 N–H and O–H groups in total. The summed E-state index contributed by atoms with van der Waals surface area (Å²) in [4.78, 5) is 11.2. The predicted molar refractivity (Wildman–Crippen MR) is 67.0 cm³/mol. The van der Waals surface area contributed by atoms with Crippen molar-refractivity contribution in [3.05, 3.63) is 0 Å². The average molecular weight is 246 g/mol. The molecule has 0 aliphatic carbocycles. The maximum Gasteiger partial charge on any atom is 0.336 e. The molecule has 0 saturated carbocycles. The zero-order valence-electron chi connectivity index (χ0n) is 10.0. The minimum atomic E-state index is -0.880. The molecule has 16 heavy (non-hydrogen) atoms. The molecule has 1 aliphatic heterocycles. The number of rotatable bonds is 8. The summed E-state index contributed by atoms with van der Waals surface area (Å²) < 4.78 is 5.61. The van der Waals surface area contributed by atoms with E-state index in [1.807, 2.05) is 0 Å². The first-order valence-electron chi connectivity index (χ1n) is 6.16. The molecule has 1 rings (SSSR count). The molecule has 1 unspecified atom stereocenters. The Bertz CT molecular complexity index is 212. The van der Waals surface area contributed by atoms with Gasteiger partial charge in [-0.2, -0.15) is 11.8 Å². The highest BCUT2D eigenvalue weighted by atomic mass is 32.2. The van der Waals surface area contributed by atoms with Crippen LogP contribution in [0.5, 0.6) is 0 Å². The number of carboxylic acids is 1. The largest absolute Gasteiger partial charge is 0.479 e. The van der Waals surface area contributed by atoms with Crippen LogP contribution in [0.15, 0.2) is 0 Å². The lowest BCUT2D eigenvalue weighted by Gasteiger charge is -2.23. The SMILES string of the molecule is CCCCCCCOC1(C(=O)O)CCSC1. The third kappa shape index (κ3) is 3.98. The fourth-order valence-corrected chi connectivity index (χ4v) is 3.16. The van der Waals surface area contributed by atoms with Gasteiger partial charge in [0.05, 0.1) is 0 Å². The Morgan fingerprint density at radius 3 is 2.69 bits per heavy atom. The van der Waals surface area contributed by atoms with Gasteiger partial charge in [-0.05, 0) is 18.6 Å².